The van der Waals surface area contributed by atoms with Crippen LogP contribution in [0.15, 0.2) is 24.3 Å². The Morgan fingerprint density at radius 2 is 1.79 bits per heavy atom. The summed E-state index contributed by atoms with van der Waals surface area (Å²) in [5.41, 5.74) is 1.76. The summed E-state index contributed by atoms with van der Waals surface area (Å²) < 4.78 is 0. The van der Waals surface area contributed by atoms with Gasteiger partial charge in [-0.05, 0) is 31.0 Å². The second-order valence-corrected chi connectivity index (χ2v) is 7.31. The van der Waals surface area contributed by atoms with E-state index in [0.29, 0.717) is 6.42 Å². The molecule has 1 aromatic carbocycles. The van der Waals surface area contributed by atoms with E-state index in [1.54, 1.807) is 11.8 Å². The Morgan fingerprint density at radius 1 is 1.17 bits per heavy atom. The number of hydrogen-bond donors (Lipinski definition) is 1. The molecule has 2 amide bonds. The molecular formula is C18H27N3O2S. The van der Waals surface area contributed by atoms with E-state index in [1.807, 2.05) is 42.3 Å². The van der Waals surface area contributed by atoms with Crippen molar-refractivity contribution >= 4 is 29.3 Å². The SMILES string of the molecule is CSC[C@H](C)C(=O)Nc1ccc(CC(=O)N2CCN(C)CC2)cc1. The minimum atomic E-state index is -0.0153. The number of amides is 2. The van der Waals surface area contributed by atoms with Crippen LogP contribution in [0.5, 0.6) is 0 Å². The fourth-order valence-corrected chi connectivity index (χ4v) is 3.29. The van der Waals surface area contributed by atoms with Gasteiger partial charge in [0.05, 0.1) is 6.42 Å². The Kier molecular flexibility index (Phi) is 7.12. The molecule has 1 fully saturated rings. The van der Waals surface area contributed by atoms with E-state index in [4.69, 9.17) is 0 Å². The maximum atomic E-state index is 12.3. The molecule has 1 aliphatic heterocycles. The van der Waals surface area contributed by atoms with Crippen molar-refractivity contribution in [2.24, 2.45) is 5.92 Å². The number of piperazine rings is 1. The van der Waals surface area contributed by atoms with E-state index >= 15 is 0 Å². The summed E-state index contributed by atoms with van der Waals surface area (Å²) in [6.07, 6.45) is 2.41. The topological polar surface area (TPSA) is 52.7 Å². The van der Waals surface area contributed by atoms with Crippen LogP contribution in [-0.2, 0) is 16.0 Å². The first-order chi connectivity index (χ1) is 11.5. The zero-order chi connectivity index (χ0) is 17.5. The van der Waals surface area contributed by atoms with Crippen molar-refractivity contribution in [3.8, 4) is 0 Å². The Hall–Kier alpha value is -1.53. The van der Waals surface area contributed by atoms with E-state index in [2.05, 4.69) is 17.3 Å². The summed E-state index contributed by atoms with van der Waals surface area (Å²) in [4.78, 5) is 28.5. The Bertz CT molecular complexity index is 554. The lowest BCUT2D eigenvalue weighted by Crippen LogP contribution is -2.47. The van der Waals surface area contributed by atoms with Gasteiger partial charge in [0.25, 0.3) is 0 Å². The van der Waals surface area contributed by atoms with E-state index in [0.717, 1.165) is 43.2 Å². The van der Waals surface area contributed by atoms with Gasteiger partial charge < -0.3 is 15.1 Å². The first kappa shape index (κ1) is 18.8. The number of anilines is 1. The molecule has 1 atom stereocenters. The van der Waals surface area contributed by atoms with Gasteiger partial charge in [-0.15, -0.1) is 0 Å². The Morgan fingerprint density at radius 3 is 2.38 bits per heavy atom. The molecule has 1 heterocycles. The summed E-state index contributed by atoms with van der Waals surface area (Å²) in [5, 5.41) is 2.92. The maximum Gasteiger partial charge on any atom is 0.228 e. The minimum absolute atomic E-state index is 0.0153. The number of likely N-dealkylation sites (N-methyl/N-ethyl adjacent to an activating group) is 1. The van der Waals surface area contributed by atoms with Gasteiger partial charge in [-0.1, -0.05) is 19.1 Å². The van der Waals surface area contributed by atoms with Crippen molar-refractivity contribution in [1.29, 1.82) is 0 Å². The smallest absolute Gasteiger partial charge is 0.228 e. The van der Waals surface area contributed by atoms with Crippen LogP contribution >= 0.6 is 11.8 Å². The first-order valence-corrected chi connectivity index (χ1v) is 9.74. The van der Waals surface area contributed by atoms with Crippen LogP contribution in [0.1, 0.15) is 12.5 Å². The minimum Gasteiger partial charge on any atom is -0.340 e. The van der Waals surface area contributed by atoms with Crippen molar-refractivity contribution in [3.63, 3.8) is 0 Å². The van der Waals surface area contributed by atoms with Crippen LogP contribution in [0.4, 0.5) is 5.69 Å². The molecule has 1 saturated heterocycles. The maximum absolute atomic E-state index is 12.3. The Labute approximate surface area is 148 Å². The van der Waals surface area contributed by atoms with Gasteiger partial charge in [0, 0.05) is 43.5 Å². The number of nitrogens with one attached hydrogen (secondary N) is 1. The standard InChI is InChI=1S/C18H27N3O2S/c1-14(13-24-3)18(23)19-16-6-4-15(5-7-16)12-17(22)21-10-8-20(2)9-11-21/h4-7,14H,8-13H2,1-3H3,(H,19,23)/t14-/m0/s1. The molecular weight excluding hydrogens is 322 g/mol. The third-order valence-corrected chi connectivity index (χ3v) is 5.13. The summed E-state index contributed by atoms with van der Waals surface area (Å²) in [6, 6.07) is 7.58. The lowest BCUT2D eigenvalue weighted by atomic mass is 10.1. The molecule has 0 aromatic heterocycles. The third-order valence-electron chi connectivity index (χ3n) is 4.30. The van der Waals surface area contributed by atoms with E-state index in [9.17, 15) is 9.59 Å². The zero-order valence-corrected chi connectivity index (χ0v) is 15.6. The molecule has 0 bridgehead atoms. The lowest BCUT2D eigenvalue weighted by molar-refractivity contribution is -0.132. The number of hydrogen-bond acceptors (Lipinski definition) is 4. The van der Waals surface area contributed by atoms with Crippen LogP contribution in [-0.4, -0.2) is 66.8 Å². The molecule has 1 N–H and O–H groups in total. The molecule has 0 aliphatic carbocycles. The predicted molar refractivity (Wildman–Crippen MR) is 100 cm³/mol. The number of carbonyl (C=O) groups is 2. The van der Waals surface area contributed by atoms with Gasteiger partial charge in [0.15, 0.2) is 0 Å². The number of rotatable bonds is 6. The van der Waals surface area contributed by atoms with E-state index in [1.165, 1.54) is 0 Å². The van der Waals surface area contributed by atoms with Gasteiger partial charge in [0.1, 0.15) is 0 Å². The van der Waals surface area contributed by atoms with Gasteiger partial charge in [-0.25, -0.2) is 0 Å². The second-order valence-electron chi connectivity index (χ2n) is 6.40. The van der Waals surface area contributed by atoms with E-state index in [-0.39, 0.29) is 17.7 Å². The monoisotopic (exact) mass is 349 g/mol. The molecule has 2 rings (SSSR count). The predicted octanol–water partition coefficient (Wildman–Crippen LogP) is 1.94. The third kappa shape index (κ3) is 5.53. The average molecular weight is 350 g/mol. The van der Waals surface area contributed by atoms with Crippen molar-refractivity contribution in [3.05, 3.63) is 29.8 Å². The largest absolute Gasteiger partial charge is 0.340 e. The van der Waals surface area contributed by atoms with Crippen molar-refractivity contribution in [2.45, 2.75) is 13.3 Å². The highest BCUT2D eigenvalue weighted by molar-refractivity contribution is 7.98. The molecule has 0 spiro atoms. The fraction of sp³-hybridized carbons (Fsp3) is 0.556. The molecule has 0 unspecified atom stereocenters. The van der Waals surface area contributed by atoms with Crippen LogP contribution in [0.25, 0.3) is 0 Å². The van der Waals surface area contributed by atoms with Gasteiger partial charge in [-0.2, -0.15) is 11.8 Å². The normalized spacial score (nSPS) is 16.7. The molecule has 1 aromatic rings. The summed E-state index contributed by atoms with van der Waals surface area (Å²) in [7, 11) is 2.08. The quantitative estimate of drug-likeness (QED) is 0.853. The highest BCUT2D eigenvalue weighted by atomic mass is 32.2. The first-order valence-electron chi connectivity index (χ1n) is 8.34. The van der Waals surface area contributed by atoms with Crippen molar-refractivity contribution in [1.82, 2.24) is 9.80 Å². The zero-order valence-electron chi connectivity index (χ0n) is 14.7. The molecule has 24 heavy (non-hydrogen) atoms. The fourth-order valence-electron chi connectivity index (χ4n) is 2.64. The number of benzene rings is 1. The number of thioether (sulfide) groups is 1. The molecule has 0 saturated carbocycles. The molecule has 6 heteroatoms. The number of nitrogens with zero attached hydrogens (tertiary/aromatic N) is 2. The van der Waals surface area contributed by atoms with Crippen LogP contribution in [0.2, 0.25) is 0 Å². The second kappa shape index (κ2) is 9.08. The molecule has 1 aliphatic rings. The Balaban J connectivity index is 1.85. The summed E-state index contributed by atoms with van der Waals surface area (Å²) in [6.45, 7) is 5.40. The van der Waals surface area contributed by atoms with E-state index < -0.39 is 0 Å². The lowest BCUT2D eigenvalue weighted by Gasteiger charge is -2.32. The van der Waals surface area contributed by atoms with Gasteiger partial charge >= 0.3 is 0 Å². The van der Waals surface area contributed by atoms with Gasteiger partial charge in [-0.3, -0.25) is 9.59 Å². The van der Waals surface area contributed by atoms with Crippen LogP contribution in [0, 0.1) is 5.92 Å². The van der Waals surface area contributed by atoms with Crippen molar-refractivity contribution in [2.75, 3.05) is 50.6 Å². The highest BCUT2D eigenvalue weighted by Gasteiger charge is 2.19. The summed E-state index contributed by atoms with van der Waals surface area (Å²) >= 11 is 1.67. The van der Waals surface area contributed by atoms with Crippen molar-refractivity contribution < 1.29 is 9.59 Å². The van der Waals surface area contributed by atoms with Gasteiger partial charge in [0.2, 0.25) is 11.8 Å². The average Bonchev–Trinajstić information content (AvgIpc) is 2.57. The summed E-state index contributed by atoms with van der Waals surface area (Å²) in [5.74, 6) is 1.00. The number of carbonyl (C=O) groups excluding carboxylic acids is 2. The highest BCUT2D eigenvalue weighted by Crippen LogP contribution is 2.14. The van der Waals surface area contributed by atoms with Crippen LogP contribution in [0.3, 0.4) is 0 Å². The molecule has 0 radical (unpaired) electrons. The molecule has 132 valence electrons. The molecule has 5 nitrogen and oxygen atoms in total. The van der Waals surface area contributed by atoms with Crippen LogP contribution < -0.4 is 5.32 Å².